The van der Waals surface area contributed by atoms with Crippen LogP contribution in [0.25, 0.3) is 0 Å². The number of carboxylic acids is 1. The second-order valence-corrected chi connectivity index (χ2v) is 8.21. The Kier molecular flexibility index (Phi) is 4.14. The summed E-state index contributed by atoms with van der Waals surface area (Å²) in [6.45, 7) is 9.20. The fraction of sp³-hybridized carbons (Fsp3) is 0.786. The maximum absolute atomic E-state index is 10.7. The third-order valence-electron chi connectivity index (χ3n) is 3.79. The van der Waals surface area contributed by atoms with E-state index in [2.05, 4.69) is 42.5 Å². The molecule has 5 nitrogen and oxygen atoms in total. The smallest absolute Gasteiger partial charge is 0.313 e. The van der Waals surface area contributed by atoms with Crippen LogP contribution in [0, 0.1) is 10.8 Å². The van der Waals surface area contributed by atoms with Gasteiger partial charge in [-0.25, -0.2) is 0 Å². The van der Waals surface area contributed by atoms with Crippen molar-refractivity contribution in [3.05, 3.63) is 6.33 Å². The quantitative estimate of drug-likeness (QED) is 0.864. The summed E-state index contributed by atoms with van der Waals surface area (Å²) >= 11 is 1.25. The van der Waals surface area contributed by atoms with Crippen molar-refractivity contribution < 1.29 is 9.90 Å². The van der Waals surface area contributed by atoms with Gasteiger partial charge in [0.2, 0.25) is 0 Å². The van der Waals surface area contributed by atoms with Gasteiger partial charge in [0.25, 0.3) is 0 Å². The maximum atomic E-state index is 10.7. The predicted octanol–water partition coefficient (Wildman–Crippen LogP) is 3.23. The van der Waals surface area contributed by atoms with Gasteiger partial charge in [-0.2, -0.15) is 0 Å². The van der Waals surface area contributed by atoms with E-state index in [9.17, 15) is 4.79 Å². The van der Waals surface area contributed by atoms with Crippen LogP contribution >= 0.6 is 11.8 Å². The summed E-state index contributed by atoms with van der Waals surface area (Å²) < 4.78 is 2.07. The van der Waals surface area contributed by atoms with E-state index in [1.54, 1.807) is 6.33 Å². The summed E-state index contributed by atoms with van der Waals surface area (Å²) in [5, 5.41) is 17.6. The SMILES string of the molecule is CC1(C)CC(n2cnnc2SCC(=O)O)CC(C)(C)C1. The monoisotopic (exact) mass is 297 g/mol. The largest absolute Gasteiger partial charge is 0.481 e. The average molecular weight is 297 g/mol. The van der Waals surface area contributed by atoms with Gasteiger partial charge in [-0.15, -0.1) is 10.2 Å². The number of hydrogen-bond acceptors (Lipinski definition) is 4. The first-order valence-electron chi connectivity index (χ1n) is 6.93. The molecule has 20 heavy (non-hydrogen) atoms. The Morgan fingerprint density at radius 2 is 2.00 bits per heavy atom. The molecule has 0 atom stereocenters. The van der Waals surface area contributed by atoms with E-state index in [0.717, 1.165) is 12.8 Å². The molecule has 2 rings (SSSR count). The lowest BCUT2D eigenvalue weighted by atomic mass is 9.63. The van der Waals surface area contributed by atoms with Crippen molar-refractivity contribution in [1.29, 1.82) is 0 Å². The molecule has 0 bridgehead atoms. The highest BCUT2D eigenvalue weighted by Gasteiger charge is 2.39. The molecular formula is C14H23N3O2S. The molecule has 0 aliphatic heterocycles. The lowest BCUT2D eigenvalue weighted by Crippen LogP contribution is -2.35. The van der Waals surface area contributed by atoms with Gasteiger partial charge in [0.05, 0.1) is 5.75 Å². The summed E-state index contributed by atoms with van der Waals surface area (Å²) in [4.78, 5) is 10.7. The van der Waals surface area contributed by atoms with Gasteiger partial charge in [-0.1, -0.05) is 39.5 Å². The van der Waals surface area contributed by atoms with Crippen molar-refractivity contribution in [2.45, 2.75) is 58.2 Å². The number of rotatable bonds is 4. The Labute approximate surface area is 124 Å². The molecule has 0 unspecified atom stereocenters. The number of aromatic nitrogens is 3. The molecule has 6 heteroatoms. The van der Waals surface area contributed by atoms with Crippen LogP contribution in [0.3, 0.4) is 0 Å². The zero-order valence-electron chi connectivity index (χ0n) is 12.6. The van der Waals surface area contributed by atoms with E-state index >= 15 is 0 Å². The number of thioether (sulfide) groups is 1. The van der Waals surface area contributed by atoms with E-state index in [-0.39, 0.29) is 16.6 Å². The molecule has 0 amide bonds. The number of carboxylic acid groups (broad SMARTS) is 1. The molecule has 0 aromatic carbocycles. The van der Waals surface area contributed by atoms with Crippen LogP contribution in [0.15, 0.2) is 11.5 Å². The molecule has 1 aliphatic rings. The Morgan fingerprint density at radius 1 is 1.40 bits per heavy atom. The molecule has 1 heterocycles. The minimum atomic E-state index is -0.825. The molecule has 0 spiro atoms. The van der Waals surface area contributed by atoms with Crippen LogP contribution < -0.4 is 0 Å². The topological polar surface area (TPSA) is 68.0 Å². The summed E-state index contributed by atoms with van der Waals surface area (Å²) in [5.41, 5.74) is 0.566. The van der Waals surface area contributed by atoms with Crippen molar-refractivity contribution in [3.63, 3.8) is 0 Å². The van der Waals surface area contributed by atoms with Crippen LogP contribution in [0.4, 0.5) is 0 Å². The fourth-order valence-electron chi connectivity index (χ4n) is 3.70. The normalized spacial score (nSPS) is 21.8. The lowest BCUT2D eigenvalue weighted by Gasteiger charge is -2.45. The van der Waals surface area contributed by atoms with E-state index in [0.29, 0.717) is 11.2 Å². The first-order valence-corrected chi connectivity index (χ1v) is 7.91. The third-order valence-corrected chi connectivity index (χ3v) is 4.73. The number of carbonyl (C=O) groups is 1. The first-order chi connectivity index (χ1) is 9.19. The molecule has 0 radical (unpaired) electrons. The van der Waals surface area contributed by atoms with Gasteiger partial charge >= 0.3 is 5.97 Å². The van der Waals surface area contributed by atoms with E-state index in [1.807, 2.05) is 0 Å². The van der Waals surface area contributed by atoms with Crippen LogP contribution in [0.2, 0.25) is 0 Å². The van der Waals surface area contributed by atoms with Gasteiger partial charge in [-0.05, 0) is 30.1 Å². The zero-order valence-corrected chi connectivity index (χ0v) is 13.4. The molecule has 112 valence electrons. The predicted molar refractivity (Wildman–Crippen MR) is 78.8 cm³/mol. The van der Waals surface area contributed by atoms with Crippen LogP contribution in [-0.4, -0.2) is 31.6 Å². The van der Waals surface area contributed by atoms with E-state index < -0.39 is 5.97 Å². The first kappa shape index (κ1) is 15.4. The Hall–Kier alpha value is -1.04. The van der Waals surface area contributed by atoms with Gasteiger partial charge in [0, 0.05) is 6.04 Å². The Morgan fingerprint density at radius 3 is 2.55 bits per heavy atom. The number of nitrogens with zero attached hydrogens (tertiary/aromatic N) is 3. The zero-order chi connectivity index (χ0) is 15.0. The minimum Gasteiger partial charge on any atom is -0.481 e. The summed E-state index contributed by atoms with van der Waals surface area (Å²) in [6.07, 6.45) is 5.10. The molecule has 1 fully saturated rings. The highest BCUT2D eigenvalue weighted by Crippen LogP contribution is 2.50. The van der Waals surface area contributed by atoms with Gasteiger partial charge in [0.15, 0.2) is 5.16 Å². The van der Waals surface area contributed by atoms with Crippen LogP contribution in [-0.2, 0) is 4.79 Å². The van der Waals surface area contributed by atoms with Gasteiger partial charge < -0.3 is 9.67 Å². The lowest BCUT2D eigenvalue weighted by molar-refractivity contribution is -0.133. The van der Waals surface area contributed by atoms with Crippen molar-refractivity contribution in [1.82, 2.24) is 14.8 Å². The molecule has 1 aliphatic carbocycles. The molecule has 1 N–H and O–H groups in total. The fourth-order valence-corrected chi connectivity index (χ4v) is 4.40. The molecule has 1 aromatic heterocycles. The molecule has 0 saturated heterocycles. The highest BCUT2D eigenvalue weighted by molar-refractivity contribution is 7.99. The maximum Gasteiger partial charge on any atom is 0.313 e. The summed E-state index contributed by atoms with van der Waals surface area (Å²) in [6, 6.07) is 0.347. The minimum absolute atomic E-state index is 0.0260. The van der Waals surface area contributed by atoms with Crippen LogP contribution in [0.1, 0.15) is 53.0 Å². The second kappa shape index (κ2) is 5.39. The van der Waals surface area contributed by atoms with Gasteiger partial charge in [-0.3, -0.25) is 4.79 Å². The number of aliphatic carboxylic acids is 1. The van der Waals surface area contributed by atoms with Crippen molar-refractivity contribution >= 4 is 17.7 Å². The standard InChI is InChI=1S/C14H23N3O2S/c1-13(2)5-10(6-14(3,4)8-13)17-9-15-16-12(17)20-7-11(18)19/h9-10H,5-8H2,1-4H3,(H,18,19). The molecule has 1 aromatic rings. The summed E-state index contributed by atoms with van der Waals surface area (Å²) in [7, 11) is 0. The molecule has 1 saturated carbocycles. The van der Waals surface area contributed by atoms with Crippen molar-refractivity contribution in [3.8, 4) is 0 Å². The number of hydrogen-bond donors (Lipinski definition) is 1. The van der Waals surface area contributed by atoms with E-state index in [4.69, 9.17) is 5.11 Å². The Balaban J connectivity index is 2.18. The van der Waals surface area contributed by atoms with Crippen molar-refractivity contribution in [2.75, 3.05) is 5.75 Å². The second-order valence-electron chi connectivity index (χ2n) is 7.27. The molecular weight excluding hydrogens is 274 g/mol. The van der Waals surface area contributed by atoms with Crippen molar-refractivity contribution in [2.24, 2.45) is 10.8 Å². The average Bonchev–Trinajstić information content (AvgIpc) is 2.69. The van der Waals surface area contributed by atoms with E-state index in [1.165, 1.54) is 18.2 Å². The van der Waals surface area contributed by atoms with Gasteiger partial charge in [0.1, 0.15) is 6.33 Å². The summed E-state index contributed by atoms with van der Waals surface area (Å²) in [5.74, 6) is -0.799. The highest BCUT2D eigenvalue weighted by atomic mass is 32.2. The van der Waals surface area contributed by atoms with Crippen LogP contribution in [0.5, 0.6) is 0 Å². The third kappa shape index (κ3) is 3.75. The Bertz CT molecular complexity index is 480.